The highest BCUT2D eigenvalue weighted by atomic mass is 35.5. The topological polar surface area (TPSA) is 45.2 Å². The summed E-state index contributed by atoms with van der Waals surface area (Å²) in [4.78, 5) is 18.9. The first-order valence-corrected chi connectivity index (χ1v) is 8.77. The highest BCUT2D eigenvalue weighted by Gasteiger charge is 2.13. The molecule has 1 amide bonds. The normalized spacial score (nSPS) is 10.5. The van der Waals surface area contributed by atoms with E-state index in [1.165, 1.54) is 0 Å². The smallest absolute Gasteiger partial charge is 0.257 e. The van der Waals surface area contributed by atoms with E-state index < -0.39 is 0 Å². The van der Waals surface area contributed by atoms with Gasteiger partial charge in [0.2, 0.25) is 0 Å². The van der Waals surface area contributed by atoms with Crippen LogP contribution < -0.4 is 10.2 Å². The Morgan fingerprint density at radius 1 is 1.17 bits per heavy atom. The number of benzene rings is 1. The SMILES string of the molecule is CCCN(CCC)c1cncc(C(=O)Nc2cccc(Cl)c2Cl)c1. The molecule has 0 atom stereocenters. The zero-order chi connectivity index (χ0) is 17.5. The van der Waals surface area contributed by atoms with Crippen LogP contribution in [0.1, 0.15) is 37.0 Å². The van der Waals surface area contributed by atoms with Crippen LogP contribution in [0.3, 0.4) is 0 Å². The van der Waals surface area contributed by atoms with E-state index >= 15 is 0 Å². The van der Waals surface area contributed by atoms with Gasteiger partial charge in [-0.1, -0.05) is 43.1 Å². The van der Waals surface area contributed by atoms with E-state index in [9.17, 15) is 4.79 Å². The molecule has 1 aromatic heterocycles. The Bertz CT molecular complexity index is 700. The van der Waals surface area contributed by atoms with E-state index in [0.29, 0.717) is 21.3 Å². The number of nitrogens with one attached hydrogen (secondary N) is 1. The van der Waals surface area contributed by atoms with Gasteiger partial charge in [0.15, 0.2) is 0 Å². The third kappa shape index (κ3) is 4.62. The Balaban J connectivity index is 2.21. The number of amides is 1. The zero-order valence-corrected chi connectivity index (χ0v) is 15.4. The predicted octanol–water partition coefficient (Wildman–Crippen LogP) is 5.27. The summed E-state index contributed by atoms with van der Waals surface area (Å²) in [7, 11) is 0. The average molecular weight is 366 g/mol. The summed E-state index contributed by atoms with van der Waals surface area (Å²) in [6.07, 6.45) is 5.41. The molecular formula is C18H21Cl2N3O. The van der Waals surface area contributed by atoms with Crippen molar-refractivity contribution in [2.75, 3.05) is 23.3 Å². The molecule has 0 aliphatic rings. The monoisotopic (exact) mass is 365 g/mol. The first kappa shape index (κ1) is 18.6. The van der Waals surface area contributed by atoms with Crippen LogP contribution >= 0.6 is 23.2 Å². The summed E-state index contributed by atoms with van der Waals surface area (Å²) in [5.74, 6) is -0.263. The standard InChI is InChI=1S/C18H21Cl2N3O/c1-3-8-23(9-4-2)14-10-13(11-21-12-14)18(24)22-16-7-5-6-15(19)17(16)20/h5-7,10-12H,3-4,8-9H2,1-2H3,(H,22,24). The second kappa shape index (κ2) is 8.90. The first-order chi connectivity index (χ1) is 11.6. The van der Waals surface area contributed by atoms with Gasteiger partial charge in [-0.25, -0.2) is 0 Å². The molecule has 128 valence electrons. The molecule has 1 N–H and O–H groups in total. The number of hydrogen-bond acceptors (Lipinski definition) is 3. The van der Waals surface area contributed by atoms with Crippen molar-refractivity contribution in [3.8, 4) is 0 Å². The lowest BCUT2D eigenvalue weighted by atomic mass is 10.2. The van der Waals surface area contributed by atoms with Crippen LogP contribution in [0.2, 0.25) is 10.0 Å². The molecule has 2 aromatic rings. The number of carbonyl (C=O) groups is 1. The Morgan fingerprint density at radius 2 is 1.88 bits per heavy atom. The van der Waals surface area contributed by atoms with Crippen molar-refractivity contribution in [3.05, 3.63) is 52.3 Å². The van der Waals surface area contributed by atoms with Gasteiger partial charge in [-0.2, -0.15) is 0 Å². The Kier molecular flexibility index (Phi) is 6.88. The van der Waals surface area contributed by atoms with Crippen molar-refractivity contribution in [1.82, 2.24) is 4.98 Å². The van der Waals surface area contributed by atoms with Gasteiger partial charge in [-0.15, -0.1) is 0 Å². The minimum atomic E-state index is -0.263. The van der Waals surface area contributed by atoms with E-state index in [0.717, 1.165) is 31.6 Å². The average Bonchev–Trinajstić information content (AvgIpc) is 2.59. The lowest BCUT2D eigenvalue weighted by molar-refractivity contribution is 0.102. The number of hydrogen-bond donors (Lipinski definition) is 1. The third-order valence-electron chi connectivity index (χ3n) is 3.54. The number of carbonyl (C=O) groups excluding carboxylic acids is 1. The maximum atomic E-state index is 12.5. The summed E-state index contributed by atoms with van der Waals surface area (Å²) in [5, 5.41) is 3.51. The molecule has 2 rings (SSSR count). The number of aromatic nitrogens is 1. The molecule has 0 saturated carbocycles. The van der Waals surface area contributed by atoms with Crippen molar-refractivity contribution in [3.63, 3.8) is 0 Å². The first-order valence-electron chi connectivity index (χ1n) is 8.02. The van der Waals surface area contributed by atoms with Crippen LogP contribution in [-0.2, 0) is 0 Å². The molecule has 0 bridgehead atoms. The maximum absolute atomic E-state index is 12.5. The largest absolute Gasteiger partial charge is 0.370 e. The van der Waals surface area contributed by atoms with Crippen LogP contribution in [-0.4, -0.2) is 24.0 Å². The van der Waals surface area contributed by atoms with Crippen LogP contribution in [0, 0.1) is 0 Å². The summed E-state index contributed by atoms with van der Waals surface area (Å²) in [6, 6.07) is 6.98. The number of rotatable bonds is 7. The van der Waals surface area contributed by atoms with E-state index in [2.05, 4.69) is 29.0 Å². The molecule has 4 nitrogen and oxygen atoms in total. The number of halogens is 2. The molecule has 0 spiro atoms. The summed E-state index contributed by atoms with van der Waals surface area (Å²) in [6.45, 7) is 6.13. The highest BCUT2D eigenvalue weighted by Crippen LogP contribution is 2.30. The van der Waals surface area contributed by atoms with E-state index in [1.54, 1.807) is 30.6 Å². The van der Waals surface area contributed by atoms with Crippen LogP contribution in [0.25, 0.3) is 0 Å². The predicted molar refractivity (Wildman–Crippen MR) is 101 cm³/mol. The van der Waals surface area contributed by atoms with Gasteiger partial charge in [0, 0.05) is 19.3 Å². The molecule has 0 aliphatic heterocycles. The molecule has 0 aliphatic carbocycles. The highest BCUT2D eigenvalue weighted by molar-refractivity contribution is 6.44. The quantitative estimate of drug-likeness (QED) is 0.726. The third-order valence-corrected chi connectivity index (χ3v) is 4.36. The fraction of sp³-hybridized carbons (Fsp3) is 0.333. The zero-order valence-electron chi connectivity index (χ0n) is 13.9. The lowest BCUT2D eigenvalue weighted by Crippen LogP contribution is -2.25. The summed E-state index contributed by atoms with van der Waals surface area (Å²) in [5.41, 5.74) is 1.92. The van der Waals surface area contributed by atoms with Crippen molar-refractivity contribution < 1.29 is 4.79 Å². The fourth-order valence-electron chi connectivity index (χ4n) is 2.43. The second-order valence-electron chi connectivity index (χ2n) is 5.47. The lowest BCUT2D eigenvalue weighted by Gasteiger charge is -2.23. The van der Waals surface area contributed by atoms with Crippen LogP contribution in [0.4, 0.5) is 11.4 Å². The van der Waals surface area contributed by atoms with Gasteiger partial charge >= 0.3 is 0 Å². The van der Waals surface area contributed by atoms with Crippen LogP contribution in [0.15, 0.2) is 36.7 Å². The number of nitrogens with zero attached hydrogens (tertiary/aromatic N) is 2. The molecule has 1 heterocycles. The van der Waals surface area contributed by atoms with E-state index in [1.807, 2.05) is 6.07 Å². The Hall–Kier alpha value is -1.78. The molecule has 0 radical (unpaired) electrons. The molecule has 24 heavy (non-hydrogen) atoms. The van der Waals surface area contributed by atoms with Crippen molar-refractivity contribution in [2.45, 2.75) is 26.7 Å². The summed E-state index contributed by atoms with van der Waals surface area (Å²) < 4.78 is 0. The van der Waals surface area contributed by atoms with Crippen molar-refractivity contribution >= 4 is 40.5 Å². The second-order valence-corrected chi connectivity index (χ2v) is 6.26. The molecule has 6 heteroatoms. The Labute approximate surface area is 152 Å². The van der Waals surface area contributed by atoms with Gasteiger partial charge in [-0.3, -0.25) is 9.78 Å². The number of pyridine rings is 1. The van der Waals surface area contributed by atoms with E-state index in [4.69, 9.17) is 23.2 Å². The van der Waals surface area contributed by atoms with Crippen LogP contribution in [0.5, 0.6) is 0 Å². The van der Waals surface area contributed by atoms with E-state index in [-0.39, 0.29) is 5.91 Å². The minimum Gasteiger partial charge on any atom is -0.370 e. The van der Waals surface area contributed by atoms with Gasteiger partial charge in [-0.05, 0) is 31.0 Å². The van der Waals surface area contributed by atoms with Gasteiger partial charge in [0.05, 0.1) is 33.2 Å². The Morgan fingerprint density at radius 3 is 2.54 bits per heavy atom. The number of anilines is 2. The van der Waals surface area contributed by atoms with Crippen molar-refractivity contribution in [2.24, 2.45) is 0 Å². The van der Waals surface area contributed by atoms with Gasteiger partial charge in [0.25, 0.3) is 5.91 Å². The molecule has 1 aromatic carbocycles. The molecular weight excluding hydrogens is 345 g/mol. The van der Waals surface area contributed by atoms with Gasteiger partial charge < -0.3 is 10.2 Å². The maximum Gasteiger partial charge on any atom is 0.257 e. The fourth-order valence-corrected chi connectivity index (χ4v) is 2.78. The molecule has 0 unspecified atom stereocenters. The van der Waals surface area contributed by atoms with Crippen molar-refractivity contribution in [1.29, 1.82) is 0 Å². The minimum absolute atomic E-state index is 0.263. The summed E-state index contributed by atoms with van der Waals surface area (Å²) >= 11 is 12.1. The molecule has 0 fully saturated rings. The molecule has 0 saturated heterocycles. The van der Waals surface area contributed by atoms with Gasteiger partial charge in [0.1, 0.15) is 0 Å².